The summed E-state index contributed by atoms with van der Waals surface area (Å²) >= 11 is 0. The summed E-state index contributed by atoms with van der Waals surface area (Å²) in [6.45, 7) is 13.8. The monoisotopic (exact) mass is 1240 g/mol. The molecule has 9 aliphatic rings. The van der Waals surface area contributed by atoms with E-state index >= 15 is 0 Å². The van der Waals surface area contributed by atoms with Gasteiger partial charge in [-0.25, -0.2) is 0 Å². The smallest absolute Gasteiger partial charge is 0.187 e. The first kappa shape index (κ1) is 69.0. The summed E-state index contributed by atoms with van der Waals surface area (Å²) in [5, 5.41) is 185. The van der Waals surface area contributed by atoms with Crippen molar-refractivity contribution in [2.45, 2.75) is 278 Å². The summed E-state index contributed by atoms with van der Waals surface area (Å²) in [7, 11) is 0. The predicted octanol–water partition coefficient (Wildman–Crippen LogP) is -3.74. The van der Waals surface area contributed by atoms with Gasteiger partial charge in [0.2, 0.25) is 0 Å². The normalized spacial score (nSPS) is 52.9. The molecule has 27 nitrogen and oxygen atoms in total. The van der Waals surface area contributed by atoms with Gasteiger partial charge in [0, 0.05) is 0 Å². The average molecular weight is 1240 g/mol. The zero-order valence-corrected chi connectivity index (χ0v) is 50.5. The Morgan fingerprint density at radius 2 is 1.01 bits per heavy atom. The second kappa shape index (κ2) is 26.6. The van der Waals surface area contributed by atoms with Crippen LogP contribution in [0.1, 0.15) is 113 Å². The molecule has 86 heavy (non-hydrogen) atoms. The molecular weight excluding hydrogens is 1140 g/mol. The third-order valence-electron chi connectivity index (χ3n) is 22.6. The van der Waals surface area contributed by atoms with Gasteiger partial charge in [-0.2, -0.15) is 0 Å². The van der Waals surface area contributed by atoms with Gasteiger partial charge in [-0.05, 0) is 124 Å². The maximum Gasteiger partial charge on any atom is 0.187 e. The molecule has 5 saturated heterocycles. The number of allylic oxidation sites excluding steroid dienone is 2. The molecular formula is C59H100O27. The second-order valence-corrected chi connectivity index (χ2v) is 28.1. The van der Waals surface area contributed by atoms with Crippen LogP contribution in [0, 0.1) is 45.3 Å². The quantitative estimate of drug-likeness (QED) is 0.0463. The first-order valence-electron chi connectivity index (χ1n) is 30.8. The average Bonchev–Trinajstić information content (AvgIpc) is 1.26. The molecule has 0 aromatic rings. The van der Waals surface area contributed by atoms with E-state index in [0.717, 1.165) is 24.8 Å². The molecule has 0 aromatic heterocycles. The van der Waals surface area contributed by atoms with Crippen molar-refractivity contribution in [1.29, 1.82) is 0 Å². The summed E-state index contributed by atoms with van der Waals surface area (Å²) in [4.78, 5) is 0. The lowest BCUT2D eigenvalue weighted by molar-refractivity contribution is -0.395. The molecule has 4 saturated carbocycles. The highest BCUT2D eigenvalue weighted by molar-refractivity contribution is 5.21. The molecule has 0 spiro atoms. The van der Waals surface area contributed by atoms with Gasteiger partial charge in [-0.1, -0.05) is 46.3 Å². The number of hydrogen-bond acceptors (Lipinski definition) is 27. The highest BCUT2D eigenvalue weighted by atomic mass is 16.8. The van der Waals surface area contributed by atoms with Crippen LogP contribution in [-0.2, 0) is 47.4 Å². The molecule has 5 aliphatic heterocycles. The molecule has 0 bridgehead atoms. The molecule has 0 unspecified atom stereocenters. The van der Waals surface area contributed by atoms with Crippen LogP contribution < -0.4 is 0 Å². The van der Waals surface area contributed by atoms with E-state index in [9.17, 15) is 86.8 Å². The molecule has 498 valence electrons. The van der Waals surface area contributed by atoms with Crippen LogP contribution in [0.15, 0.2) is 11.6 Å². The zero-order valence-electron chi connectivity index (χ0n) is 50.5. The standard InChI is InChI=1S/C59H100O27/c1-24(2)10-9-14-59(8,86-52-47(76)42(71)40(69)31(82-52)23-78-50-46(75)41(70)37(66)28(19-60)79-50)25-11-16-58(7)35(25)26(63)18-33-56(5)15-13-34(55(3,4)32(56)12-17-57(33,58)6)83-53-48(43(72)38(67)29(20-61)80-53)85-54-49(44(73)39(68)30(21-62)81-54)84-51-45(74)36(65)27(64)22-77-51/h10,25-54,60-76H,9,11-23H2,1-8H3/t25-,26+,27+,28+,29-,30-,31+,32+,33+,34-,35-,36-,37+,38-,39-,40+,41-,42-,43+,44+,45+,46+,47+,48-,49-,50-,51+,52-,53+,54+,56-,57+,58+,59-/m0/s1. The minimum Gasteiger partial charge on any atom is -0.394 e. The zero-order chi connectivity index (χ0) is 63.1. The fourth-order valence-corrected chi connectivity index (χ4v) is 17.4. The number of ether oxygens (including phenoxy) is 10. The Morgan fingerprint density at radius 1 is 0.512 bits per heavy atom. The molecule has 17 N–H and O–H groups in total. The number of fused-ring (bicyclic) bond motifs is 5. The molecule has 27 heteroatoms. The van der Waals surface area contributed by atoms with E-state index in [-0.39, 0.29) is 34.5 Å². The summed E-state index contributed by atoms with van der Waals surface area (Å²) in [6.07, 6.45) is -33.5. The maximum atomic E-state index is 12.9. The first-order chi connectivity index (χ1) is 40.3. The third kappa shape index (κ3) is 12.3. The van der Waals surface area contributed by atoms with Crippen LogP contribution >= 0.6 is 0 Å². The Bertz CT molecular complexity index is 2260. The molecule has 34 atom stereocenters. The van der Waals surface area contributed by atoms with E-state index in [0.29, 0.717) is 38.5 Å². The van der Waals surface area contributed by atoms with Crippen LogP contribution in [-0.4, -0.2) is 285 Å². The lowest BCUT2D eigenvalue weighted by Gasteiger charge is -2.71. The van der Waals surface area contributed by atoms with Crippen molar-refractivity contribution in [3.8, 4) is 0 Å². The molecule has 0 aromatic carbocycles. The Morgan fingerprint density at radius 3 is 1.59 bits per heavy atom. The van der Waals surface area contributed by atoms with Crippen molar-refractivity contribution in [2.24, 2.45) is 45.3 Å². The summed E-state index contributed by atoms with van der Waals surface area (Å²) in [5.74, 6) is -0.656. The van der Waals surface area contributed by atoms with Crippen LogP contribution in [0.5, 0.6) is 0 Å². The Balaban J connectivity index is 0.933. The first-order valence-corrected chi connectivity index (χ1v) is 30.8. The van der Waals surface area contributed by atoms with E-state index in [1.165, 1.54) is 0 Å². The lowest BCUT2D eigenvalue weighted by atomic mass is 9.35. The van der Waals surface area contributed by atoms with Crippen LogP contribution in [0.2, 0.25) is 0 Å². The van der Waals surface area contributed by atoms with E-state index in [2.05, 4.69) is 40.7 Å². The molecule has 0 radical (unpaired) electrons. The third-order valence-corrected chi connectivity index (χ3v) is 22.6. The second-order valence-electron chi connectivity index (χ2n) is 28.1. The van der Waals surface area contributed by atoms with E-state index in [4.69, 9.17) is 47.4 Å². The molecule has 4 aliphatic carbocycles. The van der Waals surface area contributed by atoms with Crippen LogP contribution in [0.4, 0.5) is 0 Å². The van der Waals surface area contributed by atoms with E-state index in [1.807, 2.05) is 20.8 Å². The summed E-state index contributed by atoms with van der Waals surface area (Å²) < 4.78 is 61.1. The van der Waals surface area contributed by atoms with Gasteiger partial charge in [0.25, 0.3) is 0 Å². The van der Waals surface area contributed by atoms with Crippen molar-refractivity contribution in [3.63, 3.8) is 0 Å². The Labute approximate surface area is 501 Å². The fourth-order valence-electron chi connectivity index (χ4n) is 17.4. The summed E-state index contributed by atoms with van der Waals surface area (Å²) in [6, 6.07) is 0. The number of aliphatic hydroxyl groups is 17. The van der Waals surface area contributed by atoms with Crippen molar-refractivity contribution < 1.29 is 134 Å². The highest BCUT2D eigenvalue weighted by Gasteiger charge is 2.72. The Hall–Kier alpha value is -1.34. The molecule has 0 amide bonds. The maximum absolute atomic E-state index is 12.9. The van der Waals surface area contributed by atoms with Crippen LogP contribution in [0.25, 0.3) is 0 Å². The molecule has 5 heterocycles. The van der Waals surface area contributed by atoms with Gasteiger partial charge < -0.3 is 134 Å². The fraction of sp³-hybridized carbons (Fsp3) is 0.966. The number of aliphatic hydroxyl groups excluding tert-OH is 17. The largest absolute Gasteiger partial charge is 0.394 e. The molecule has 9 fully saturated rings. The van der Waals surface area contributed by atoms with Crippen molar-refractivity contribution in [3.05, 3.63) is 11.6 Å². The van der Waals surface area contributed by atoms with Gasteiger partial charge in [0.15, 0.2) is 31.5 Å². The van der Waals surface area contributed by atoms with Crippen molar-refractivity contribution in [1.82, 2.24) is 0 Å². The summed E-state index contributed by atoms with van der Waals surface area (Å²) in [5.41, 5.74) is -1.87. The van der Waals surface area contributed by atoms with E-state index in [1.54, 1.807) is 0 Å². The lowest BCUT2D eigenvalue weighted by Crippen LogP contribution is -2.68. The SMILES string of the molecule is CC(C)=CCC[C@](C)(O[C@@H]1O[C@H](CO[C@H]2O[C@H](CO)[C@@H](O)[C@H](O)[C@H]2O)[C@@H](O)[C@H](O)[C@H]1O)[C@H]1CC[C@]2(C)[C@@H]1[C@H](O)C[C@@H]1[C@@]3(C)CC[C@H](O[C@H]4O[C@@H](CO)[C@H](O)[C@@H](O)[C@@H]4O[C@H]4O[C@@H](CO)[C@H](O)[C@@H](O)[C@@H]4O[C@H]4OC[C@@H](O)[C@H](O)[C@H]4O)C(C)(C)[C@H]3CC[C@]12C. The van der Waals surface area contributed by atoms with Gasteiger partial charge in [-0.3, -0.25) is 0 Å². The van der Waals surface area contributed by atoms with Gasteiger partial charge in [-0.15, -0.1) is 0 Å². The highest BCUT2D eigenvalue weighted by Crippen LogP contribution is 2.76. The van der Waals surface area contributed by atoms with Gasteiger partial charge >= 0.3 is 0 Å². The van der Waals surface area contributed by atoms with Gasteiger partial charge in [0.1, 0.15) is 116 Å². The van der Waals surface area contributed by atoms with E-state index < -0.39 is 209 Å². The van der Waals surface area contributed by atoms with Crippen molar-refractivity contribution >= 4 is 0 Å². The number of rotatable bonds is 18. The Kier molecular flexibility index (Phi) is 21.3. The van der Waals surface area contributed by atoms with Gasteiger partial charge in [0.05, 0.1) is 50.8 Å². The molecule has 9 rings (SSSR count). The topological polar surface area (TPSA) is 436 Å². The van der Waals surface area contributed by atoms with Crippen LogP contribution in [0.3, 0.4) is 0 Å². The predicted molar refractivity (Wildman–Crippen MR) is 293 cm³/mol. The minimum absolute atomic E-state index is 0.0122. The number of hydrogen-bond donors (Lipinski definition) is 17. The van der Waals surface area contributed by atoms with Crippen molar-refractivity contribution in [2.75, 3.05) is 33.0 Å². The minimum atomic E-state index is -1.89.